The van der Waals surface area contributed by atoms with E-state index in [1.54, 1.807) is 7.05 Å². The Morgan fingerprint density at radius 1 is 1.22 bits per heavy atom. The lowest BCUT2D eigenvalue weighted by molar-refractivity contribution is 0.0974. The molecule has 11 heteroatoms. The van der Waals surface area contributed by atoms with Gasteiger partial charge in [0, 0.05) is 49.4 Å². The minimum Gasteiger partial charge on any atom is -0.376 e. The fraction of sp³-hybridized carbons (Fsp3) is 0.577. The van der Waals surface area contributed by atoms with Crippen LogP contribution in [0.25, 0.3) is 0 Å². The molecule has 37 heavy (non-hydrogen) atoms. The Balaban J connectivity index is 1.23. The molecule has 0 bridgehead atoms. The van der Waals surface area contributed by atoms with Crippen molar-refractivity contribution in [3.05, 3.63) is 41.3 Å². The molecule has 0 aliphatic carbocycles. The highest BCUT2D eigenvalue weighted by Crippen LogP contribution is 2.42. The number of hydrogen-bond donors (Lipinski definition) is 1. The van der Waals surface area contributed by atoms with Crippen LogP contribution in [0, 0.1) is 5.41 Å². The maximum Gasteiger partial charge on any atom is 0.232 e. The van der Waals surface area contributed by atoms with E-state index in [1.807, 2.05) is 24.4 Å². The number of aliphatic imine (C=N–C) groups is 1. The van der Waals surface area contributed by atoms with Crippen LogP contribution in [0.1, 0.15) is 43.1 Å². The van der Waals surface area contributed by atoms with Crippen molar-refractivity contribution in [2.24, 2.45) is 16.1 Å². The highest BCUT2D eigenvalue weighted by molar-refractivity contribution is 7.92. The number of amidine groups is 1. The molecular formula is C26H35N7O3S. The van der Waals surface area contributed by atoms with E-state index in [9.17, 15) is 8.42 Å². The first-order valence-corrected chi connectivity index (χ1v) is 14.9. The molecule has 1 spiro atoms. The number of rotatable bonds is 3. The lowest BCUT2D eigenvalue weighted by Gasteiger charge is -2.41. The molecule has 2 fully saturated rings. The van der Waals surface area contributed by atoms with Crippen molar-refractivity contribution in [2.75, 3.05) is 53.6 Å². The maximum atomic E-state index is 12.2. The van der Waals surface area contributed by atoms with Gasteiger partial charge in [-0.25, -0.2) is 18.4 Å². The smallest absolute Gasteiger partial charge is 0.232 e. The van der Waals surface area contributed by atoms with Crippen LogP contribution in [0.3, 0.4) is 0 Å². The van der Waals surface area contributed by atoms with Crippen molar-refractivity contribution >= 4 is 33.1 Å². The number of benzene rings is 1. The molecule has 2 N–H and O–H groups in total. The Labute approximate surface area is 218 Å². The van der Waals surface area contributed by atoms with Crippen LogP contribution < -0.4 is 19.8 Å². The fourth-order valence-corrected chi connectivity index (χ4v) is 6.79. The van der Waals surface area contributed by atoms with Crippen LogP contribution >= 0.6 is 0 Å². The molecule has 198 valence electrons. The lowest BCUT2D eigenvalue weighted by Crippen LogP contribution is -2.50. The molecule has 1 aromatic carbocycles. The van der Waals surface area contributed by atoms with Crippen LogP contribution in [0.5, 0.6) is 0 Å². The van der Waals surface area contributed by atoms with E-state index < -0.39 is 10.0 Å². The molecule has 4 aliphatic rings. The van der Waals surface area contributed by atoms with Gasteiger partial charge in [-0.15, -0.1) is 0 Å². The fourth-order valence-electron chi connectivity index (χ4n) is 6.26. The topological polar surface area (TPSA) is 117 Å². The minimum atomic E-state index is -3.36. The van der Waals surface area contributed by atoms with E-state index in [0.29, 0.717) is 6.54 Å². The zero-order valence-electron chi connectivity index (χ0n) is 21.7. The van der Waals surface area contributed by atoms with Gasteiger partial charge >= 0.3 is 0 Å². The summed E-state index contributed by atoms with van der Waals surface area (Å²) in [6.07, 6.45) is 6.92. The van der Waals surface area contributed by atoms with Crippen LogP contribution in [0.2, 0.25) is 0 Å². The summed E-state index contributed by atoms with van der Waals surface area (Å²) >= 11 is 0. The molecule has 6 rings (SSSR count). The van der Waals surface area contributed by atoms with Crippen molar-refractivity contribution in [3.63, 3.8) is 0 Å². The molecule has 0 radical (unpaired) electrons. The Hall–Kier alpha value is -2.76. The molecule has 4 aliphatic heterocycles. The zero-order chi connectivity index (χ0) is 25.9. The molecule has 5 heterocycles. The summed E-state index contributed by atoms with van der Waals surface area (Å²) in [6, 6.07) is 5.90. The molecule has 0 amide bonds. The normalized spacial score (nSPS) is 24.7. The standard InChI is InChI=1S/C26H35N7O3S/c1-17-24(27)26(16-36-17)9-12-32(13-10-26)22-15-28-23-19(30-22)14-29-25(23)33-11-5-6-18-20(7-4-8-21(18)33)31(2)37(3,34)35/h4,7-8,15,17,24H,5-6,9-14,16,27H2,1-3H3/t17-,24+/m0/s1. The molecule has 0 saturated carbocycles. The van der Waals surface area contributed by atoms with Gasteiger partial charge in [0.2, 0.25) is 10.0 Å². The first-order chi connectivity index (χ1) is 17.7. The predicted octanol–water partition coefficient (Wildman–Crippen LogP) is 1.92. The van der Waals surface area contributed by atoms with Crippen molar-refractivity contribution in [3.8, 4) is 0 Å². The van der Waals surface area contributed by atoms with Gasteiger partial charge in [-0.3, -0.25) is 9.30 Å². The number of fused-ring (bicyclic) bond motifs is 2. The average molecular weight is 526 g/mol. The number of sulfonamides is 1. The number of nitrogens with zero attached hydrogens (tertiary/aromatic N) is 6. The molecule has 2 aromatic rings. The third-order valence-electron chi connectivity index (χ3n) is 8.67. The zero-order valence-corrected chi connectivity index (χ0v) is 22.5. The molecule has 1 aromatic heterocycles. The van der Waals surface area contributed by atoms with Gasteiger partial charge in [0.05, 0.1) is 43.1 Å². The summed E-state index contributed by atoms with van der Waals surface area (Å²) in [6.45, 7) is 5.89. The summed E-state index contributed by atoms with van der Waals surface area (Å²) in [7, 11) is -1.75. The Kier molecular flexibility index (Phi) is 5.92. The van der Waals surface area contributed by atoms with Crippen molar-refractivity contribution in [1.29, 1.82) is 0 Å². The third kappa shape index (κ3) is 4.07. The van der Waals surface area contributed by atoms with Crippen molar-refractivity contribution < 1.29 is 13.2 Å². The summed E-state index contributed by atoms with van der Waals surface area (Å²) < 4.78 is 31.7. The molecule has 10 nitrogen and oxygen atoms in total. The van der Waals surface area contributed by atoms with Gasteiger partial charge in [-0.1, -0.05) is 6.07 Å². The van der Waals surface area contributed by atoms with Crippen molar-refractivity contribution in [1.82, 2.24) is 9.97 Å². The van der Waals surface area contributed by atoms with E-state index in [1.165, 1.54) is 10.6 Å². The Morgan fingerprint density at radius 3 is 2.70 bits per heavy atom. The number of aromatic nitrogens is 2. The number of nitrogens with two attached hydrogens (primary N) is 1. The highest BCUT2D eigenvalue weighted by Gasteiger charge is 2.47. The van der Waals surface area contributed by atoms with E-state index >= 15 is 0 Å². The summed E-state index contributed by atoms with van der Waals surface area (Å²) in [4.78, 5) is 19.1. The van der Waals surface area contributed by atoms with E-state index in [-0.39, 0.29) is 17.6 Å². The largest absolute Gasteiger partial charge is 0.376 e. The number of anilines is 3. The van der Waals surface area contributed by atoms with Crippen molar-refractivity contribution in [2.45, 2.75) is 51.3 Å². The number of piperidine rings is 1. The Bertz CT molecular complexity index is 1350. The second-order valence-corrected chi connectivity index (χ2v) is 12.8. The summed E-state index contributed by atoms with van der Waals surface area (Å²) in [5, 5.41) is 0. The quantitative estimate of drug-likeness (QED) is 0.646. The molecule has 2 atom stereocenters. The van der Waals surface area contributed by atoms with Crippen LogP contribution in [-0.2, 0) is 27.7 Å². The van der Waals surface area contributed by atoms with E-state index in [0.717, 1.165) is 91.9 Å². The van der Waals surface area contributed by atoms with Gasteiger partial charge in [0.25, 0.3) is 0 Å². The first-order valence-electron chi connectivity index (χ1n) is 13.0. The first kappa shape index (κ1) is 24.6. The van der Waals surface area contributed by atoms with Crippen LogP contribution in [0.4, 0.5) is 17.2 Å². The second kappa shape index (κ2) is 8.92. The molecule has 0 unspecified atom stereocenters. The lowest BCUT2D eigenvalue weighted by atomic mass is 9.73. The molecular weight excluding hydrogens is 490 g/mol. The SMILES string of the molecule is C[C@@H]1OCC2(CCN(c3cnc4c(n3)CN=C4N3CCCc4c3cccc4N(C)S(C)(=O)=O)CC2)[C@@H]1N. The maximum absolute atomic E-state index is 12.2. The monoisotopic (exact) mass is 525 g/mol. The van der Waals surface area contributed by atoms with E-state index in [2.05, 4.69) is 16.7 Å². The molecule has 2 saturated heterocycles. The highest BCUT2D eigenvalue weighted by atomic mass is 32.2. The summed E-state index contributed by atoms with van der Waals surface area (Å²) in [5.41, 5.74) is 11.0. The van der Waals surface area contributed by atoms with Gasteiger partial charge in [-0.05, 0) is 44.7 Å². The van der Waals surface area contributed by atoms with Gasteiger partial charge < -0.3 is 20.3 Å². The summed E-state index contributed by atoms with van der Waals surface area (Å²) in [5.74, 6) is 1.71. The second-order valence-electron chi connectivity index (χ2n) is 10.8. The van der Waals surface area contributed by atoms with E-state index in [4.69, 9.17) is 25.4 Å². The average Bonchev–Trinajstić information content (AvgIpc) is 3.44. The number of ether oxygens (including phenoxy) is 1. The van der Waals surface area contributed by atoms with Crippen LogP contribution in [-0.4, -0.2) is 75.9 Å². The van der Waals surface area contributed by atoms with Gasteiger partial charge in [0.15, 0.2) is 5.84 Å². The Morgan fingerprint density at radius 2 is 2.00 bits per heavy atom. The minimum absolute atomic E-state index is 0.0715. The third-order valence-corrected chi connectivity index (χ3v) is 9.86. The predicted molar refractivity (Wildman–Crippen MR) is 145 cm³/mol. The van der Waals surface area contributed by atoms with Crippen LogP contribution in [0.15, 0.2) is 29.4 Å². The van der Waals surface area contributed by atoms with Gasteiger partial charge in [-0.2, -0.15) is 0 Å². The van der Waals surface area contributed by atoms with Gasteiger partial charge in [0.1, 0.15) is 11.5 Å². The number of hydrogen-bond acceptors (Lipinski definition) is 9.